The van der Waals surface area contributed by atoms with Crippen LogP contribution < -0.4 is 51.4 Å². The van der Waals surface area contributed by atoms with Crippen LogP contribution in [-0.4, -0.2) is 35.2 Å². The van der Waals surface area contributed by atoms with Gasteiger partial charge < -0.3 is 19.5 Å². The van der Waals surface area contributed by atoms with Crippen molar-refractivity contribution in [2.75, 3.05) is 13.2 Å². The van der Waals surface area contributed by atoms with Crippen molar-refractivity contribution >= 4 is 11.9 Å². The predicted molar refractivity (Wildman–Crippen MR) is 59.3 cm³/mol. The van der Waals surface area contributed by atoms with Gasteiger partial charge in [-0.15, -0.1) is 0 Å². The third-order valence-electron chi connectivity index (χ3n) is 1.95. The van der Waals surface area contributed by atoms with Crippen molar-refractivity contribution in [2.24, 2.45) is 7.05 Å². The second-order valence-corrected chi connectivity index (χ2v) is 3.19. The first-order valence-electron chi connectivity index (χ1n) is 5.10. The molecule has 0 spiro atoms. The average Bonchev–Trinajstić information content (AvgIpc) is 2.61. The van der Waals surface area contributed by atoms with E-state index in [-0.39, 0.29) is 81.2 Å². The van der Waals surface area contributed by atoms with E-state index in [1.807, 2.05) is 0 Å². The third-order valence-corrected chi connectivity index (χ3v) is 1.95. The number of aryl methyl sites for hydroxylation is 1. The first-order chi connectivity index (χ1) is 7.60. The minimum Gasteiger partial charge on any atom is -0.870 e. The van der Waals surface area contributed by atoms with Crippen molar-refractivity contribution in [1.82, 2.24) is 4.57 Å². The predicted octanol–water partition coefficient (Wildman–Crippen LogP) is -1.79. The van der Waals surface area contributed by atoms with Gasteiger partial charge >= 0.3 is 63.3 Å². The van der Waals surface area contributed by atoms with E-state index in [0.717, 1.165) is 0 Å². The van der Waals surface area contributed by atoms with Gasteiger partial charge in [0.2, 0.25) is 0 Å². The summed E-state index contributed by atoms with van der Waals surface area (Å²) in [6.45, 7) is 3.97. The second kappa shape index (κ2) is 9.71. The molecule has 18 heavy (non-hydrogen) atoms. The summed E-state index contributed by atoms with van der Waals surface area (Å²) < 4.78 is 11.3. The van der Waals surface area contributed by atoms with Crippen LogP contribution in [0.15, 0.2) is 12.4 Å². The molecule has 0 bridgehead atoms. The van der Waals surface area contributed by atoms with Gasteiger partial charge in [0.1, 0.15) is 0 Å². The van der Waals surface area contributed by atoms with Crippen molar-refractivity contribution < 1.29 is 75.9 Å². The molecule has 0 aromatic carbocycles. The number of carbonyl (C=O) groups is 2. The molecule has 1 rings (SSSR count). The summed E-state index contributed by atoms with van der Waals surface area (Å²) in [6.07, 6.45) is 3.09. The minimum atomic E-state index is -0.508. The molecule has 0 aliphatic rings. The fraction of sp³-hybridized carbons (Fsp3) is 0.455. The first-order valence-corrected chi connectivity index (χ1v) is 5.10. The SMILES string of the molecule is CCOC(=O)c1cn(C)cc1C(=O)OCC.[K+].[OH-]. The zero-order chi connectivity index (χ0) is 12.1. The van der Waals surface area contributed by atoms with Crippen LogP contribution in [0.3, 0.4) is 0 Å². The van der Waals surface area contributed by atoms with Gasteiger partial charge in [0, 0.05) is 19.4 Å². The number of aromatic nitrogens is 1. The van der Waals surface area contributed by atoms with E-state index in [1.165, 1.54) is 0 Å². The molecule has 0 aliphatic carbocycles. The summed E-state index contributed by atoms with van der Waals surface area (Å²) in [5.74, 6) is -1.02. The average molecular weight is 281 g/mol. The fourth-order valence-electron chi connectivity index (χ4n) is 1.33. The van der Waals surface area contributed by atoms with Gasteiger partial charge in [-0.1, -0.05) is 0 Å². The summed E-state index contributed by atoms with van der Waals surface area (Å²) in [7, 11) is 1.73. The van der Waals surface area contributed by atoms with E-state index in [0.29, 0.717) is 0 Å². The molecule has 0 amide bonds. The number of nitrogens with zero attached hydrogens (tertiary/aromatic N) is 1. The van der Waals surface area contributed by atoms with Crippen molar-refractivity contribution in [3.05, 3.63) is 23.5 Å². The molecule has 0 aliphatic heterocycles. The first kappa shape index (κ1) is 20.1. The molecule has 0 saturated carbocycles. The molecule has 0 atom stereocenters. The molecule has 1 heterocycles. The summed E-state index contributed by atoms with van der Waals surface area (Å²) in [4.78, 5) is 23.1. The zero-order valence-corrected chi connectivity index (χ0v) is 14.2. The molecular weight excluding hydrogens is 265 g/mol. The summed E-state index contributed by atoms with van der Waals surface area (Å²) in [6, 6.07) is 0. The fourth-order valence-corrected chi connectivity index (χ4v) is 1.33. The van der Waals surface area contributed by atoms with Crippen molar-refractivity contribution in [1.29, 1.82) is 0 Å². The quantitative estimate of drug-likeness (QED) is 0.480. The second-order valence-electron chi connectivity index (χ2n) is 3.19. The molecule has 1 N–H and O–H groups in total. The van der Waals surface area contributed by atoms with Crippen LogP contribution >= 0.6 is 0 Å². The van der Waals surface area contributed by atoms with Crippen molar-refractivity contribution in [2.45, 2.75) is 13.8 Å². The van der Waals surface area contributed by atoms with Gasteiger partial charge in [0.25, 0.3) is 0 Å². The molecule has 6 nitrogen and oxygen atoms in total. The Morgan fingerprint density at radius 3 is 1.67 bits per heavy atom. The molecule has 0 unspecified atom stereocenters. The minimum absolute atomic E-state index is 0. The van der Waals surface area contributed by atoms with E-state index < -0.39 is 11.9 Å². The largest absolute Gasteiger partial charge is 1.00 e. The summed E-state index contributed by atoms with van der Waals surface area (Å²) in [5.41, 5.74) is 0.477. The number of rotatable bonds is 4. The number of carbonyl (C=O) groups excluding carboxylic acids is 2. The monoisotopic (exact) mass is 281 g/mol. The van der Waals surface area contributed by atoms with Crippen LogP contribution in [0.5, 0.6) is 0 Å². The Balaban J connectivity index is 0. The van der Waals surface area contributed by atoms with E-state index in [4.69, 9.17) is 9.47 Å². The number of ether oxygens (including phenoxy) is 2. The maximum absolute atomic E-state index is 11.5. The number of esters is 2. The molecule has 0 radical (unpaired) electrons. The Labute approximate surface area is 148 Å². The zero-order valence-electron chi connectivity index (χ0n) is 11.1. The maximum Gasteiger partial charge on any atom is 1.00 e. The van der Waals surface area contributed by atoms with Crippen molar-refractivity contribution in [3.63, 3.8) is 0 Å². The molecule has 1 aromatic heterocycles. The standard InChI is InChI=1S/C11H15NO4.K.H2O/c1-4-15-10(13)8-6-12(3)7-9(8)11(14)16-5-2;;/h6-7H,4-5H2,1-3H3;;1H2/q;+1;/p-1. The van der Waals surface area contributed by atoms with E-state index in [1.54, 1.807) is 37.9 Å². The Kier molecular flexibility index (Phi) is 10.9. The van der Waals surface area contributed by atoms with Crippen LogP contribution in [0.2, 0.25) is 0 Å². The maximum atomic E-state index is 11.5. The molecule has 0 fully saturated rings. The van der Waals surface area contributed by atoms with Gasteiger partial charge in [-0.3, -0.25) is 0 Å². The molecular formula is C11H16KNO5. The molecule has 0 saturated heterocycles. The number of hydrogen-bond donors (Lipinski definition) is 0. The smallest absolute Gasteiger partial charge is 0.870 e. The van der Waals surface area contributed by atoms with Crippen LogP contribution in [0.4, 0.5) is 0 Å². The number of hydrogen-bond acceptors (Lipinski definition) is 5. The van der Waals surface area contributed by atoms with Crippen LogP contribution in [0.25, 0.3) is 0 Å². The van der Waals surface area contributed by atoms with Crippen molar-refractivity contribution in [3.8, 4) is 0 Å². The molecule has 1 aromatic rings. The van der Waals surface area contributed by atoms with Gasteiger partial charge in [-0.2, -0.15) is 0 Å². The Bertz CT molecular complexity index is 367. The van der Waals surface area contributed by atoms with E-state index >= 15 is 0 Å². The Morgan fingerprint density at radius 1 is 1.06 bits per heavy atom. The van der Waals surface area contributed by atoms with E-state index in [9.17, 15) is 9.59 Å². The Morgan fingerprint density at radius 2 is 1.39 bits per heavy atom. The normalized spacial score (nSPS) is 8.83. The summed E-state index contributed by atoms with van der Waals surface area (Å²) >= 11 is 0. The molecule has 7 heteroatoms. The third kappa shape index (κ3) is 5.21. The Hall–Kier alpha value is -0.184. The topological polar surface area (TPSA) is 87.5 Å². The molecule has 96 valence electrons. The van der Waals surface area contributed by atoms with Gasteiger partial charge in [-0.25, -0.2) is 9.59 Å². The van der Waals surface area contributed by atoms with Crippen LogP contribution in [0.1, 0.15) is 34.6 Å². The summed E-state index contributed by atoms with van der Waals surface area (Å²) in [5, 5.41) is 0. The van der Waals surface area contributed by atoms with Gasteiger partial charge in [-0.05, 0) is 13.8 Å². The van der Waals surface area contributed by atoms with Crippen LogP contribution in [-0.2, 0) is 16.5 Å². The van der Waals surface area contributed by atoms with Gasteiger partial charge in [0.05, 0.1) is 24.3 Å². The van der Waals surface area contributed by atoms with E-state index in [2.05, 4.69) is 0 Å². The van der Waals surface area contributed by atoms with Gasteiger partial charge in [0.15, 0.2) is 0 Å². The van der Waals surface area contributed by atoms with Crippen LogP contribution in [0, 0.1) is 0 Å².